The first-order chi connectivity index (χ1) is 21.1. The molecule has 5 heteroatoms. The Morgan fingerprint density at radius 3 is 2.05 bits per heavy atom. The lowest BCUT2D eigenvalue weighted by molar-refractivity contribution is 0.0967. The van der Waals surface area contributed by atoms with Crippen LogP contribution in [0, 0.1) is 26.7 Å². The fourth-order valence-electron chi connectivity index (χ4n) is 6.57. The molecule has 0 aliphatic carbocycles. The number of oxime groups is 1. The highest BCUT2D eigenvalue weighted by Gasteiger charge is 2.23. The van der Waals surface area contributed by atoms with Crippen LogP contribution in [-0.2, 0) is 0 Å². The second-order valence-electron chi connectivity index (χ2n) is 12.3. The van der Waals surface area contributed by atoms with Crippen molar-refractivity contribution in [3.05, 3.63) is 124 Å². The van der Waals surface area contributed by atoms with Crippen molar-refractivity contribution in [3.8, 4) is 5.69 Å². The summed E-state index contributed by atoms with van der Waals surface area (Å²) in [4.78, 5) is 27.6. The van der Waals surface area contributed by atoms with Gasteiger partial charge >= 0.3 is 0 Å². The molecular weight excluding hydrogens is 544 g/mol. The smallest absolute Gasteiger partial charge is 0.194 e. The van der Waals surface area contributed by atoms with Gasteiger partial charge in [-0.2, -0.15) is 0 Å². The molecule has 0 atom stereocenters. The molecule has 1 heterocycles. The zero-order valence-electron chi connectivity index (χ0n) is 26.0. The average molecular weight is 581 g/mol. The van der Waals surface area contributed by atoms with Gasteiger partial charge in [0.15, 0.2) is 11.6 Å². The van der Waals surface area contributed by atoms with Crippen LogP contribution in [-0.4, -0.2) is 27.1 Å². The Kier molecular flexibility index (Phi) is 7.42. The fourth-order valence-corrected chi connectivity index (χ4v) is 6.57. The first kappa shape index (κ1) is 29.1. The van der Waals surface area contributed by atoms with Gasteiger partial charge in [-0.05, 0) is 92.1 Å². The Morgan fingerprint density at radius 2 is 1.41 bits per heavy atom. The van der Waals surface area contributed by atoms with Crippen molar-refractivity contribution in [2.24, 2.45) is 11.1 Å². The summed E-state index contributed by atoms with van der Waals surface area (Å²) in [7, 11) is 0. The first-order valence-electron chi connectivity index (χ1n) is 15.0. The van der Waals surface area contributed by atoms with Gasteiger partial charge in [-0.25, -0.2) is 0 Å². The van der Waals surface area contributed by atoms with E-state index in [0.29, 0.717) is 23.3 Å². The summed E-state index contributed by atoms with van der Waals surface area (Å²) in [5.41, 5.74) is 9.28. The maximum absolute atomic E-state index is 14.4. The highest BCUT2D eigenvalue weighted by Crippen LogP contribution is 2.40. The molecule has 0 saturated heterocycles. The number of ketones is 2. The van der Waals surface area contributed by atoms with Crippen LogP contribution >= 0.6 is 0 Å². The molecule has 0 fully saturated rings. The molecule has 0 bridgehead atoms. The van der Waals surface area contributed by atoms with Crippen LogP contribution in [0.1, 0.15) is 75.7 Å². The van der Waals surface area contributed by atoms with Gasteiger partial charge in [0.05, 0.1) is 16.7 Å². The summed E-state index contributed by atoms with van der Waals surface area (Å²) >= 11 is 0. The van der Waals surface area contributed by atoms with Crippen LogP contribution in [0.15, 0.2) is 90.1 Å². The predicted octanol–water partition coefficient (Wildman–Crippen LogP) is 9.52. The van der Waals surface area contributed by atoms with E-state index in [4.69, 9.17) is 0 Å². The largest absolute Gasteiger partial charge is 0.411 e. The molecule has 1 aromatic heterocycles. The Bertz CT molecular complexity index is 2120. The SMILES string of the molecule is CC(=NO)c1ccc(-n2c3ccc(C(=O)CC(C)C)cc3c3cc(C(=O)c4c(C)cc(C)cc4C)c4ccccc4c32)cc1. The summed E-state index contributed by atoms with van der Waals surface area (Å²) < 4.78 is 2.20. The normalized spacial score (nSPS) is 12.1. The van der Waals surface area contributed by atoms with Crippen LogP contribution < -0.4 is 0 Å². The van der Waals surface area contributed by atoms with Gasteiger partial charge in [-0.3, -0.25) is 9.59 Å². The zero-order valence-corrected chi connectivity index (χ0v) is 26.0. The standard InChI is InChI=1S/C39H36N2O3/c1-22(2)17-36(42)28-13-16-35-32(20-28)33-21-34(39(43)37-24(4)18-23(3)19-25(37)5)30-9-7-8-10-31(30)38(33)41(35)29-14-11-27(12-15-29)26(6)40-44/h7-16,18-22,44H,17H2,1-6H3. The summed E-state index contributed by atoms with van der Waals surface area (Å²) in [6, 6.07) is 28.0. The predicted molar refractivity (Wildman–Crippen MR) is 180 cm³/mol. The van der Waals surface area contributed by atoms with E-state index in [0.717, 1.165) is 66.1 Å². The lowest BCUT2D eigenvalue weighted by atomic mass is 9.89. The zero-order chi connectivity index (χ0) is 31.3. The van der Waals surface area contributed by atoms with Crippen LogP contribution in [0.25, 0.3) is 38.3 Å². The van der Waals surface area contributed by atoms with Crippen molar-refractivity contribution in [1.82, 2.24) is 4.57 Å². The fraction of sp³-hybridized carbons (Fsp3) is 0.205. The molecule has 0 unspecified atom stereocenters. The van der Waals surface area contributed by atoms with E-state index < -0.39 is 0 Å². The van der Waals surface area contributed by atoms with Crippen molar-refractivity contribution in [3.63, 3.8) is 0 Å². The van der Waals surface area contributed by atoms with Crippen LogP contribution in [0.2, 0.25) is 0 Å². The highest BCUT2D eigenvalue weighted by molar-refractivity contribution is 6.27. The number of aromatic nitrogens is 1. The van der Waals surface area contributed by atoms with E-state index in [1.165, 1.54) is 0 Å². The minimum Gasteiger partial charge on any atom is -0.411 e. The van der Waals surface area contributed by atoms with E-state index in [1.807, 2.05) is 101 Å². The molecule has 0 aliphatic heterocycles. The lowest BCUT2D eigenvalue weighted by Crippen LogP contribution is -2.08. The van der Waals surface area contributed by atoms with E-state index >= 15 is 0 Å². The van der Waals surface area contributed by atoms with Gasteiger partial charge in [-0.15, -0.1) is 0 Å². The van der Waals surface area contributed by atoms with E-state index in [1.54, 1.807) is 6.92 Å². The number of benzene rings is 5. The van der Waals surface area contributed by atoms with Crippen molar-refractivity contribution in [1.29, 1.82) is 0 Å². The Hall–Kier alpha value is -5.03. The molecule has 0 spiro atoms. The number of Topliss-reactive ketones (excluding diaryl/α,β-unsaturated/α-hetero) is 1. The second-order valence-corrected chi connectivity index (χ2v) is 12.3. The third-order valence-corrected chi connectivity index (χ3v) is 8.53. The van der Waals surface area contributed by atoms with Crippen molar-refractivity contribution >= 4 is 49.9 Å². The van der Waals surface area contributed by atoms with Crippen molar-refractivity contribution < 1.29 is 14.8 Å². The highest BCUT2D eigenvalue weighted by atomic mass is 16.4. The number of hydrogen-bond donors (Lipinski definition) is 1. The Balaban J connectivity index is 1.71. The quantitative estimate of drug-likeness (QED) is 0.0885. The number of carbonyl (C=O) groups excluding carboxylic acids is 2. The van der Waals surface area contributed by atoms with Gasteiger partial charge in [0.2, 0.25) is 0 Å². The molecule has 44 heavy (non-hydrogen) atoms. The summed E-state index contributed by atoms with van der Waals surface area (Å²) in [6.07, 6.45) is 0.468. The van der Waals surface area contributed by atoms with Crippen molar-refractivity contribution in [2.75, 3.05) is 0 Å². The Labute approximate surface area is 257 Å². The topological polar surface area (TPSA) is 71.7 Å². The number of nitrogens with zero attached hydrogens (tertiary/aromatic N) is 2. The van der Waals surface area contributed by atoms with Gasteiger partial charge in [0.1, 0.15) is 0 Å². The minimum absolute atomic E-state index is 0.00541. The molecule has 6 rings (SSSR count). The number of aryl methyl sites for hydroxylation is 3. The molecule has 0 aliphatic rings. The van der Waals surface area contributed by atoms with Gasteiger partial charge in [-0.1, -0.05) is 73.1 Å². The maximum Gasteiger partial charge on any atom is 0.194 e. The molecule has 0 amide bonds. The molecule has 1 N–H and O–H groups in total. The molecule has 5 nitrogen and oxygen atoms in total. The maximum atomic E-state index is 14.4. The van der Waals surface area contributed by atoms with E-state index in [-0.39, 0.29) is 17.5 Å². The molecule has 220 valence electrons. The van der Waals surface area contributed by atoms with Crippen LogP contribution in [0.4, 0.5) is 0 Å². The Morgan fingerprint density at radius 1 is 0.773 bits per heavy atom. The second kappa shape index (κ2) is 11.2. The third kappa shape index (κ3) is 4.88. The molecular formula is C39H36N2O3. The summed E-state index contributed by atoms with van der Waals surface area (Å²) in [5.74, 6) is 0.348. The van der Waals surface area contributed by atoms with E-state index in [2.05, 4.69) is 27.9 Å². The molecule has 0 saturated carbocycles. The molecule has 0 radical (unpaired) electrons. The van der Waals surface area contributed by atoms with Gasteiger partial charge < -0.3 is 9.77 Å². The average Bonchev–Trinajstić information content (AvgIpc) is 3.33. The number of rotatable bonds is 7. The molecule has 6 aromatic rings. The minimum atomic E-state index is -0.00541. The third-order valence-electron chi connectivity index (χ3n) is 8.53. The first-order valence-corrected chi connectivity index (χ1v) is 15.0. The summed E-state index contributed by atoms with van der Waals surface area (Å²) in [5, 5.41) is 16.3. The van der Waals surface area contributed by atoms with Gasteiger partial charge in [0.25, 0.3) is 0 Å². The van der Waals surface area contributed by atoms with E-state index in [9.17, 15) is 14.8 Å². The lowest BCUT2D eigenvalue weighted by Gasteiger charge is -2.15. The molecule has 5 aromatic carbocycles. The summed E-state index contributed by atoms with van der Waals surface area (Å²) in [6.45, 7) is 11.9. The monoisotopic (exact) mass is 580 g/mol. The van der Waals surface area contributed by atoms with Crippen LogP contribution in [0.3, 0.4) is 0 Å². The number of hydrogen-bond acceptors (Lipinski definition) is 4. The van der Waals surface area contributed by atoms with Crippen molar-refractivity contribution in [2.45, 2.75) is 48.0 Å². The van der Waals surface area contributed by atoms with Crippen LogP contribution in [0.5, 0.6) is 0 Å². The number of fused-ring (bicyclic) bond motifs is 5. The number of carbonyl (C=O) groups is 2. The van der Waals surface area contributed by atoms with Gasteiger partial charge in [0, 0.05) is 45.0 Å².